The van der Waals surface area contributed by atoms with E-state index in [1.165, 1.54) is 32.6 Å². The Kier molecular flexibility index (Phi) is 3.42. The van der Waals surface area contributed by atoms with Gasteiger partial charge in [0.1, 0.15) is 0 Å². The van der Waals surface area contributed by atoms with Crippen LogP contribution in [0.5, 0.6) is 0 Å². The van der Waals surface area contributed by atoms with Gasteiger partial charge in [0, 0.05) is 29.7 Å². The topological polar surface area (TPSA) is 20.3 Å². The molecule has 0 unspecified atom stereocenters. The average molecular weight is 315 g/mol. The van der Waals surface area contributed by atoms with E-state index in [-0.39, 0.29) is 5.78 Å². The summed E-state index contributed by atoms with van der Waals surface area (Å²) in [6, 6.07) is 17.1. The largest absolute Gasteiger partial charge is 0.372 e. The SMILES string of the molecule is CCN(CC)c1ccc2ccc3ccc(C(C)=O)c4ccc1c2c34. The van der Waals surface area contributed by atoms with Gasteiger partial charge >= 0.3 is 0 Å². The predicted octanol–water partition coefficient (Wildman–Crippen LogP) is 5.63. The summed E-state index contributed by atoms with van der Waals surface area (Å²) in [6.45, 7) is 8.00. The lowest BCUT2D eigenvalue weighted by Gasteiger charge is -2.24. The van der Waals surface area contributed by atoms with E-state index >= 15 is 0 Å². The van der Waals surface area contributed by atoms with E-state index in [0.29, 0.717) is 0 Å². The third-order valence-electron chi connectivity index (χ3n) is 5.13. The number of carbonyl (C=O) groups excluding carboxylic acids is 1. The maximum atomic E-state index is 12.1. The molecule has 0 aliphatic rings. The molecule has 0 radical (unpaired) electrons. The molecular formula is C22H21NO. The summed E-state index contributed by atoms with van der Waals surface area (Å²) in [5.74, 6) is 0.122. The van der Waals surface area contributed by atoms with E-state index < -0.39 is 0 Å². The van der Waals surface area contributed by atoms with Gasteiger partial charge in [-0.25, -0.2) is 0 Å². The quantitative estimate of drug-likeness (QED) is 0.359. The van der Waals surface area contributed by atoms with Gasteiger partial charge in [0.15, 0.2) is 5.78 Å². The van der Waals surface area contributed by atoms with Crippen LogP contribution in [0.3, 0.4) is 0 Å². The van der Waals surface area contributed by atoms with Gasteiger partial charge < -0.3 is 4.90 Å². The van der Waals surface area contributed by atoms with Gasteiger partial charge in [-0.2, -0.15) is 0 Å². The summed E-state index contributed by atoms with van der Waals surface area (Å²) in [6.07, 6.45) is 0. The summed E-state index contributed by atoms with van der Waals surface area (Å²) >= 11 is 0. The number of hydrogen-bond donors (Lipinski definition) is 0. The molecule has 0 fully saturated rings. The van der Waals surface area contributed by atoms with Crippen molar-refractivity contribution in [1.82, 2.24) is 0 Å². The van der Waals surface area contributed by atoms with Gasteiger partial charge in [0.2, 0.25) is 0 Å². The molecule has 2 nitrogen and oxygen atoms in total. The Labute approximate surface area is 142 Å². The molecule has 0 N–H and O–H groups in total. The van der Waals surface area contributed by atoms with Crippen LogP contribution in [0, 0.1) is 0 Å². The highest BCUT2D eigenvalue weighted by molar-refractivity contribution is 6.28. The van der Waals surface area contributed by atoms with Crippen molar-refractivity contribution >= 4 is 43.8 Å². The molecule has 0 aliphatic carbocycles. The molecule has 0 saturated carbocycles. The number of Topliss-reactive ketones (excluding diaryl/α,β-unsaturated/α-hetero) is 1. The van der Waals surface area contributed by atoms with Gasteiger partial charge in [-0.05, 0) is 53.8 Å². The molecule has 0 aliphatic heterocycles. The van der Waals surface area contributed by atoms with Gasteiger partial charge in [0.25, 0.3) is 0 Å². The van der Waals surface area contributed by atoms with Crippen LogP contribution in [-0.4, -0.2) is 18.9 Å². The number of anilines is 1. The monoisotopic (exact) mass is 315 g/mol. The van der Waals surface area contributed by atoms with E-state index in [4.69, 9.17) is 0 Å². The molecule has 4 aromatic rings. The molecule has 120 valence electrons. The second kappa shape index (κ2) is 5.48. The minimum Gasteiger partial charge on any atom is -0.372 e. The highest BCUT2D eigenvalue weighted by atomic mass is 16.1. The van der Waals surface area contributed by atoms with Crippen molar-refractivity contribution in [2.24, 2.45) is 0 Å². The number of rotatable bonds is 4. The van der Waals surface area contributed by atoms with Crippen LogP contribution >= 0.6 is 0 Å². The lowest BCUT2D eigenvalue weighted by molar-refractivity contribution is 0.101. The third-order valence-corrected chi connectivity index (χ3v) is 5.13. The predicted molar refractivity (Wildman–Crippen MR) is 104 cm³/mol. The van der Waals surface area contributed by atoms with Crippen LogP contribution < -0.4 is 4.90 Å². The lowest BCUT2D eigenvalue weighted by atomic mass is 9.90. The van der Waals surface area contributed by atoms with Crippen molar-refractivity contribution in [2.45, 2.75) is 20.8 Å². The van der Waals surface area contributed by atoms with Crippen molar-refractivity contribution in [3.05, 3.63) is 54.1 Å². The first-order chi connectivity index (χ1) is 11.7. The van der Waals surface area contributed by atoms with Crippen molar-refractivity contribution < 1.29 is 4.79 Å². The standard InChI is InChI=1S/C22H21NO/c1-4-23(5-2)20-13-9-16-7-6-15-8-10-17(14(3)24)18-11-12-19(20)22(16)21(15)18/h6-13H,4-5H2,1-3H3. The van der Waals surface area contributed by atoms with Crippen LogP contribution in [-0.2, 0) is 0 Å². The highest BCUT2D eigenvalue weighted by Gasteiger charge is 2.16. The maximum Gasteiger partial charge on any atom is 0.160 e. The van der Waals surface area contributed by atoms with Crippen LogP contribution in [0.25, 0.3) is 32.3 Å². The number of benzene rings is 4. The average Bonchev–Trinajstić information content (AvgIpc) is 2.61. The van der Waals surface area contributed by atoms with Crippen molar-refractivity contribution in [3.8, 4) is 0 Å². The molecule has 0 saturated heterocycles. The molecule has 4 rings (SSSR count). The first-order valence-corrected chi connectivity index (χ1v) is 8.62. The Morgan fingerprint density at radius 2 is 1.33 bits per heavy atom. The summed E-state index contributed by atoms with van der Waals surface area (Å²) in [4.78, 5) is 14.4. The fraction of sp³-hybridized carbons (Fsp3) is 0.227. The van der Waals surface area contributed by atoms with Crippen LogP contribution in [0.15, 0.2) is 48.5 Å². The summed E-state index contributed by atoms with van der Waals surface area (Å²) < 4.78 is 0. The maximum absolute atomic E-state index is 12.1. The van der Waals surface area contributed by atoms with Crippen molar-refractivity contribution in [1.29, 1.82) is 0 Å². The molecule has 24 heavy (non-hydrogen) atoms. The third kappa shape index (κ3) is 1.99. The smallest absolute Gasteiger partial charge is 0.160 e. The van der Waals surface area contributed by atoms with E-state index in [2.05, 4.69) is 61.2 Å². The van der Waals surface area contributed by atoms with Gasteiger partial charge in [0.05, 0.1) is 0 Å². The fourth-order valence-electron chi connectivity index (χ4n) is 3.93. The fourth-order valence-corrected chi connectivity index (χ4v) is 3.93. The van der Waals surface area contributed by atoms with E-state index in [1.54, 1.807) is 6.92 Å². The van der Waals surface area contributed by atoms with E-state index in [9.17, 15) is 4.79 Å². The van der Waals surface area contributed by atoms with Gasteiger partial charge in [-0.1, -0.05) is 42.5 Å². The number of hydrogen-bond acceptors (Lipinski definition) is 2. The van der Waals surface area contributed by atoms with E-state index in [0.717, 1.165) is 24.0 Å². The normalized spacial score (nSPS) is 11.6. The second-order valence-electron chi connectivity index (χ2n) is 6.35. The Morgan fingerprint density at radius 1 is 0.792 bits per heavy atom. The highest BCUT2D eigenvalue weighted by Crippen LogP contribution is 2.39. The molecule has 0 bridgehead atoms. The zero-order chi connectivity index (χ0) is 16.8. The van der Waals surface area contributed by atoms with Gasteiger partial charge in [-0.15, -0.1) is 0 Å². The molecule has 0 spiro atoms. The second-order valence-corrected chi connectivity index (χ2v) is 6.35. The van der Waals surface area contributed by atoms with Crippen LogP contribution in [0.1, 0.15) is 31.1 Å². The zero-order valence-corrected chi connectivity index (χ0v) is 14.4. The Morgan fingerprint density at radius 3 is 1.96 bits per heavy atom. The Bertz CT molecular complexity index is 1060. The van der Waals surface area contributed by atoms with Crippen molar-refractivity contribution in [2.75, 3.05) is 18.0 Å². The zero-order valence-electron chi connectivity index (χ0n) is 14.4. The first-order valence-electron chi connectivity index (χ1n) is 8.62. The number of nitrogens with zero attached hydrogens (tertiary/aromatic N) is 1. The van der Waals surface area contributed by atoms with Crippen LogP contribution in [0.2, 0.25) is 0 Å². The minimum absolute atomic E-state index is 0.122. The summed E-state index contributed by atoms with van der Waals surface area (Å²) in [7, 11) is 0. The van der Waals surface area contributed by atoms with Gasteiger partial charge in [-0.3, -0.25) is 4.79 Å². The van der Waals surface area contributed by atoms with E-state index in [1.807, 2.05) is 6.07 Å². The minimum atomic E-state index is 0.122. The number of ketones is 1. The first kappa shape index (κ1) is 14.9. The Hall–Kier alpha value is -2.61. The summed E-state index contributed by atoms with van der Waals surface area (Å²) in [5.41, 5.74) is 2.08. The van der Waals surface area contributed by atoms with Crippen molar-refractivity contribution in [3.63, 3.8) is 0 Å². The lowest BCUT2D eigenvalue weighted by Crippen LogP contribution is -2.22. The molecule has 0 heterocycles. The molecular weight excluding hydrogens is 294 g/mol. The summed E-state index contributed by atoms with van der Waals surface area (Å²) in [5, 5.41) is 7.26. The molecule has 0 aromatic heterocycles. The molecule has 2 heteroatoms. The molecule has 4 aromatic carbocycles. The molecule has 0 amide bonds. The number of carbonyl (C=O) groups is 1. The Balaban J connectivity index is 2.20. The van der Waals surface area contributed by atoms with Crippen LogP contribution in [0.4, 0.5) is 5.69 Å². The molecule has 0 atom stereocenters.